The third kappa shape index (κ3) is 2.38. The molecule has 0 aliphatic carbocycles. The number of para-hydroxylation sites is 1. The van der Waals surface area contributed by atoms with E-state index in [1.807, 2.05) is 47.3 Å². The Kier molecular flexibility index (Phi) is 3.06. The number of fused-ring (bicyclic) bond motifs is 1. The fourth-order valence-electron chi connectivity index (χ4n) is 2.03. The molecule has 1 N–H and O–H groups in total. The summed E-state index contributed by atoms with van der Waals surface area (Å²) in [6.45, 7) is 0.639. The van der Waals surface area contributed by atoms with Gasteiger partial charge in [0.2, 0.25) is 0 Å². The zero-order valence-electron chi connectivity index (χ0n) is 10.7. The normalized spacial score (nSPS) is 10.6. The van der Waals surface area contributed by atoms with Gasteiger partial charge in [-0.15, -0.1) is 0 Å². The fourth-order valence-corrected chi connectivity index (χ4v) is 2.03. The molecule has 4 heteroatoms. The summed E-state index contributed by atoms with van der Waals surface area (Å²) in [4.78, 5) is 0. The van der Waals surface area contributed by atoms with Crippen molar-refractivity contribution >= 4 is 16.6 Å². The van der Waals surface area contributed by atoms with Crippen LogP contribution in [0.15, 0.2) is 54.7 Å². The number of aromatic nitrogens is 2. The first-order valence-corrected chi connectivity index (χ1v) is 6.15. The van der Waals surface area contributed by atoms with E-state index in [1.165, 1.54) is 0 Å². The van der Waals surface area contributed by atoms with Gasteiger partial charge in [0.15, 0.2) is 0 Å². The Morgan fingerprint density at radius 3 is 2.68 bits per heavy atom. The molecule has 0 amide bonds. The number of nitrogens with one attached hydrogen (secondary N) is 1. The maximum absolute atomic E-state index is 5.13. The molecule has 0 saturated carbocycles. The fraction of sp³-hybridized carbons (Fsp3) is 0.133. The Morgan fingerprint density at radius 1 is 1.11 bits per heavy atom. The van der Waals surface area contributed by atoms with Crippen molar-refractivity contribution in [2.24, 2.45) is 0 Å². The molecule has 0 unspecified atom stereocenters. The highest BCUT2D eigenvalue weighted by Gasteiger charge is 2.01. The van der Waals surface area contributed by atoms with Gasteiger partial charge in [0.25, 0.3) is 0 Å². The van der Waals surface area contributed by atoms with E-state index in [0.717, 1.165) is 22.3 Å². The molecule has 0 saturated heterocycles. The van der Waals surface area contributed by atoms with Crippen LogP contribution in [0.1, 0.15) is 0 Å². The zero-order valence-corrected chi connectivity index (χ0v) is 10.7. The van der Waals surface area contributed by atoms with E-state index in [9.17, 15) is 0 Å². The summed E-state index contributed by atoms with van der Waals surface area (Å²) in [7, 11) is 1.66. The van der Waals surface area contributed by atoms with Crippen molar-refractivity contribution in [3.05, 3.63) is 54.7 Å². The van der Waals surface area contributed by atoms with Gasteiger partial charge in [0.1, 0.15) is 12.4 Å². The third-order valence-electron chi connectivity index (χ3n) is 3.07. The predicted molar refractivity (Wildman–Crippen MR) is 76.3 cm³/mol. The van der Waals surface area contributed by atoms with Gasteiger partial charge in [-0.25, -0.2) is 4.68 Å². The summed E-state index contributed by atoms with van der Waals surface area (Å²) in [5.74, 6) is 0.857. The Labute approximate surface area is 111 Å². The van der Waals surface area contributed by atoms with Gasteiger partial charge < -0.3 is 10.1 Å². The average Bonchev–Trinajstić information content (AvgIpc) is 2.89. The van der Waals surface area contributed by atoms with Gasteiger partial charge in [0, 0.05) is 11.1 Å². The first-order valence-electron chi connectivity index (χ1n) is 6.15. The van der Waals surface area contributed by atoms with Gasteiger partial charge in [-0.2, -0.15) is 5.10 Å². The van der Waals surface area contributed by atoms with Crippen molar-refractivity contribution in [3.8, 4) is 5.75 Å². The number of hydrogen-bond donors (Lipinski definition) is 1. The Morgan fingerprint density at radius 2 is 1.89 bits per heavy atom. The number of hydrogen-bond acceptors (Lipinski definition) is 3. The molecule has 0 bridgehead atoms. The highest BCUT2D eigenvalue weighted by atomic mass is 16.5. The van der Waals surface area contributed by atoms with Crippen molar-refractivity contribution in [3.63, 3.8) is 0 Å². The van der Waals surface area contributed by atoms with Crippen LogP contribution >= 0.6 is 0 Å². The van der Waals surface area contributed by atoms with Crippen molar-refractivity contribution < 1.29 is 4.74 Å². The highest BCUT2D eigenvalue weighted by molar-refractivity contribution is 5.78. The topological polar surface area (TPSA) is 39.1 Å². The molecule has 19 heavy (non-hydrogen) atoms. The lowest BCUT2D eigenvalue weighted by Crippen LogP contribution is -2.08. The zero-order chi connectivity index (χ0) is 13.1. The second kappa shape index (κ2) is 5.02. The minimum atomic E-state index is 0.639. The first-order chi connectivity index (χ1) is 9.36. The largest absolute Gasteiger partial charge is 0.497 e. The molecule has 96 valence electrons. The number of ether oxygens (including phenoxy) is 1. The number of rotatable bonds is 4. The van der Waals surface area contributed by atoms with Gasteiger partial charge >= 0.3 is 0 Å². The number of anilines is 1. The Balaban J connectivity index is 1.74. The Bertz CT molecular complexity index is 673. The summed E-state index contributed by atoms with van der Waals surface area (Å²) in [6.07, 6.45) is 1.88. The molecule has 0 atom stereocenters. The van der Waals surface area contributed by atoms with Crippen LogP contribution in [-0.2, 0) is 6.67 Å². The predicted octanol–water partition coefficient (Wildman–Crippen LogP) is 3.11. The monoisotopic (exact) mass is 253 g/mol. The van der Waals surface area contributed by atoms with Crippen LogP contribution in [0, 0.1) is 0 Å². The second-order valence-corrected chi connectivity index (χ2v) is 4.27. The minimum Gasteiger partial charge on any atom is -0.497 e. The first kappa shape index (κ1) is 11.6. The number of nitrogens with zero attached hydrogens (tertiary/aromatic N) is 2. The molecule has 0 aliphatic heterocycles. The van der Waals surface area contributed by atoms with Crippen LogP contribution in [0.2, 0.25) is 0 Å². The molecule has 4 nitrogen and oxygen atoms in total. The number of benzene rings is 2. The van der Waals surface area contributed by atoms with E-state index in [1.54, 1.807) is 7.11 Å². The van der Waals surface area contributed by atoms with Crippen molar-refractivity contribution in [1.29, 1.82) is 0 Å². The van der Waals surface area contributed by atoms with E-state index < -0.39 is 0 Å². The molecular formula is C15H15N3O. The molecule has 2 aromatic carbocycles. The lowest BCUT2D eigenvalue weighted by atomic mass is 10.3. The van der Waals surface area contributed by atoms with E-state index in [4.69, 9.17) is 4.74 Å². The van der Waals surface area contributed by atoms with Gasteiger partial charge in [-0.3, -0.25) is 0 Å². The molecule has 1 aromatic heterocycles. The lowest BCUT2D eigenvalue weighted by molar-refractivity contribution is 0.415. The summed E-state index contributed by atoms with van der Waals surface area (Å²) in [5.41, 5.74) is 2.17. The van der Waals surface area contributed by atoms with Gasteiger partial charge in [-0.05, 0) is 30.3 Å². The van der Waals surface area contributed by atoms with Gasteiger partial charge in [0.05, 0.1) is 18.8 Å². The molecular weight excluding hydrogens is 238 g/mol. The molecule has 3 aromatic rings. The SMILES string of the molecule is COc1ccc(NCn2ncc3ccccc32)cc1. The highest BCUT2D eigenvalue weighted by Crippen LogP contribution is 2.16. The minimum absolute atomic E-state index is 0.639. The smallest absolute Gasteiger partial charge is 0.119 e. The maximum Gasteiger partial charge on any atom is 0.119 e. The lowest BCUT2D eigenvalue weighted by Gasteiger charge is -2.08. The average molecular weight is 253 g/mol. The summed E-state index contributed by atoms with van der Waals surface area (Å²) in [6, 6.07) is 16.0. The Hall–Kier alpha value is -2.49. The van der Waals surface area contributed by atoms with Crippen LogP contribution in [0.3, 0.4) is 0 Å². The van der Waals surface area contributed by atoms with E-state index >= 15 is 0 Å². The van der Waals surface area contributed by atoms with E-state index in [-0.39, 0.29) is 0 Å². The molecule has 0 spiro atoms. The van der Waals surface area contributed by atoms with Crippen LogP contribution in [0.25, 0.3) is 10.9 Å². The van der Waals surface area contributed by atoms with Crippen molar-refractivity contribution in [2.45, 2.75) is 6.67 Å². The van der Waals surface area contributed by atoms with E-state index in [0.29, 0.717) is 6.67 Å². The maximum atomic E-state index is 5.13. The van der Waals surface area contributed by atoms with E-state index in [2.05, 4.69) is 22.5 Å². The molecule has 1 heterocycles. The molecule has 0 aliphatic rings. The quantitative estimate of drug-likeness (QED) is 0.776. The standard InChI is InChI=1S/C15H15N3O/c1-19-14-8-6-13(7-9-14)16-11-18-15-5-3-2-4-12(15)10-17-18/h2-10,16H,11H2,1H3. The molecule has 0 fully saturated rings. The number of methoxy groups -OCH3 is 1. The van der Waals surface area contributed by atoms with Crippen LogP contribution < -0.4 is 10.1 Å². The van der Waals surface area contributed by atoms with Gasteiger partial charge in [-0.1, -0.05) is 18.2 Å². The van der Waals surface area contributed by atoms with Crippen LogP contribution in [0.5, 0.6) is 5.75 Å². The van der Waals surface area contributed by atoms with Crippen molar-refractivity contribution in [2.75, 3.05) is 12.4 Å². The summed E-state index contributed by atoms with van der Waals surface area (Å²) >= 11 is 0. The van der Waals surface area contributed by atoms with Crippen LogP contribution in [-0.4, -0.2) is 16.9 Å². The molecule has 0 radical (unpaired) electrons. The second-order valence-electron chi connectivity index (χ2n) is 4.27. The van der Waals surface area contributed by atoms with Crippen molar-refractivity contribution in [1.82, 2.24) is 9.78 Å². The third-order valence-corrected chi connectivity index (χ3v) is 3.07. The summed E-state index contributed by atoms with van der Waals surface area (Å²) < 4.78 is 7.08. The molecule has 3 rings (SSSR count). The summed E-state index contributed by atoms with van der Waals surface area (Å²) in [5, 5.41) is 8.86. The van der Waals surface area contributed by atoms with Crippen LogP contribution in [0.4, 0.5) is 5.69 Å².